The average Bonchev–Trinajstić information content (AvgIpc) is 3.23. The number of rotatable bonds is 4. The van der Waals surface area contributed by atoms with E-state index in [2.05, 4.69) is 0 Å². The Morgan fingerprint density at radius 2 is 1.22 bits per heavy atom. The van der Waals surface area contributed by atoms with Crippen LogP contribution in [0.2, 0.25) is 0 Å². The molecule has 4 rings (SSSR count). The van der Waals surface area contributed by atoms with E-state index in [4.69, 9.17) is 4.42 Å². The van der Waals surface area contributed by atoms with Gasteiger partial charge in [-0.15, -0.1) is 0 Å². The predicted molar refractivity (Wildman–Crippen MR) is 109 cm³/mol. The maximum absolute atomic E-state index is 12.1. The summed E-state index contributed by atoms with van der Waals surface area (Å²) in [6.07, 6.45) is 1.66. The molecule has 1 N–H and O–H groups in total. The van der Waals surface area contributed by atoms with Crippen molar-refractivity contribution < 1.29 is 9.52 Å². The molecule has 0 amide bonds. The Hall–Kier alpha value is -3.10. The first-order valence-corrected chi connectivity index (χ1v) is 9.09. The number of furan rings is 1. The fourth-order valence-corrected chi connectivity index (χ4v) is 3.51. The van der Waals surface area contributed by atoms with Crippen LogP contribution in [0.15, 0.2) is 95.6 Å². The molecule has 134 valence electrons. The van der Waals surface area contributed by atoms with Crippen LogP contribution in [0.25, 0.3) is 11.3 Å². The van der Waals surface area contributed by atoms with Crippen LogP contribution in [0.4, 0.5) is 0 Å². The van der Waals surface area contributed by atoms with Crippen molar-refractivity contribution in [1.29, 1.82) is 0 Å². The molecule has 0 aliphatic heterocycles. The fraction of sp³-hybridized carbons (Fsp3) is 0.120. The molecule has 0 saturated heterocycles. The molecule has 0 bridgehead atoms. The van der Waals surface area contributed by atoms with Gasteiger partial charge in [-0.05, 0) is 37.1 Å². The van der Waals surface area contributed by atoms with Crippen LogP contribution < -0.4 is 0 Å². The third-order valence-corrected chi connectivity index (χ3v) is 5.04. The zero-order valence-electron chi connectivity index (χ0n) is 15.5. The second-order valence-corrected chi connectivity index (χ2v) is 6.97. The Morgan fingerprint density at radius 3 is 1.74 bits per heavy atom. The van der Waals surface area contributed by atoms with Crippen molar-refractivity contribution in [3.63, 3.8) is 0 Å². The van der Waals surface area contributed by atoms with Crippen molar-refractivity contribution in [1.82, 2.24) is 0 Å². The highest BCUT2D eigenvalue weighted by Crippen LogP contribution is 2.41. The van der Waals surface area contributed by atoms with Crippen LogP contribution in [0, 0.1) is 13.8 Å². The van der Waals surface area contributed by atoms with Gasteiger partial charge in [0.1, 0.15) is 11.4 Å². The van der Waals surface area contributed by atoms with Crippen molar-refractivity contribution in [2.75, 3.05) is 0 Å². The first-order chi connectivity index (χ1) is 13.1. The van der Waals surface area contributed by atoms with E-state index in [0.29, 0.717) is 0 Å². The van der Waals surface area contributed by atoms with E-state index in [9.17, 15) is 5.11 Å². The van der Waals surface area contributed by atoms with E-state index in [-0.39, 0.29) is 0 Å². The fourth-order valence-electron chi connectivity index (χ4n) is 3.51. The smallest absolute Gasteiger partial charge is 0.141 e. The minimum atomic E-state index is -1.29. The minimum absolute atomic E-state index is 0.739. The second-order valence-electron chi connectivity index (χ2n) is 6.97. The molecule has 0 aliphatic carbocycles. The van der Waals surface area contributed by atoms with Crippen molar-refractivity contribution >= 4 is 0 Å². The van der Waals surface area contributed by atoms with E-state index >= 15 is 0 Å². The van der Waals surface area contributed by atoms with Gasteiger partial charge < -0.3 is 9.52 Å². The van der Waals surface area contributed by atoms with Crippen LogP contribution in [0.1, 0.15) is 27.8 Å². The zero-order chi connectivity index (χ0) is 18.9. The van der Waals surface area contributed by atoms with Crippen LogP contribution in [0.3, 0.4) is 0 Å². The van der Waals surface area contributed by atoms with Gasteiger partial charge in [0.25, 0.3) is 0 Å². The lowest BCUT2D eigenvalue weighted by atomic mass is 9.77. The molecule has 1 heterocycles. The standard InChI is InChI=1S/C25H22O2/c1-18-9-13-20(14-10-18)25(26,21-15-11-19(2)12-16-21)23-7-4-3-6-22(23)24-8-5-17-27-24/h3-17,26H,1-2H3. The van der Waals surface area contributed by atoms with E-state index in [1.807, 2.05) is 98.8 Å². The monoisotopic (exact) mass is 354 g/mol. The van der Waals surface area contributed by atoms with Crippen molar-refractivity contribution in [3.8, 4) is 11.3 Å². The molecule has 1 aromatic heterocycles. The Kier molecular flexibility index (Phi) is 4.43. The third-order valence-electron chi connectivity index (χ3n) is 5.04. The van der Waals surface area contributed by atoms with Crippen LogP contribution >= 0.6 is 0 Å². The first-order valence-electron chi connectivity index (χ1n) is 9.09. The predicted octanol–water partition coefficient (Wildman–Crippen LogP) is 5.85. The molecule has 0 unspecified atom stereocenters. The van der Waals surface area contributed by atoms with Crippen LogP contribution in [-0.4, -0.2) is 5.11 Å². The quantitative estimate of drug-likeness (QED) is 0.467. The lowest BCUT2D eigenvalue weighted by molar-refractivity contribution is 0.126. The number of aliphatic hydroxyl groups is 1. The molecular formula is C25H22O2. The first kappa shape index (κ1) is 17.3. The number of hydrogen-bond donors (Lipinski definition) is 1. The van der Waals surface area contributed by atoms with Gasteiger partial charge in [-0.1, -0.05) is 83.9 Å². The van der Waals surface area contributed by atoms with Gasteiger partial charge in [0, 0.05) is 11.1 Å². The summed E-state index contributed by atoms with van der Waals surface area (Å²) in [4.78, 5) is 0. The third kappa shape index (κ3) is 3.09. The Balaban J connectivity index is 2.00. The molecule has 0 saturated carbocycles. The molecule has 2 nitrogen and oxygen atoms in total. The molecule has 0 radical (unpaired) electrons. The topological polar surface area (TPSA) is 33.4 Å². The molecule has 0 fully saturated rings. The second kappa shape index (κ2) is 6.90. The summed E-state index contributed by atoms with van der Waals surface area (Å²) in [5.41, 5.74) is 4.37. The Labute approximate surface area is 159 Å². The SMILES string of the molecule is Cc1ccc(C(O)(c2ccc(C)cc2)c2ccccc2-c2ccco2)cc1. The van der Waals surface area contributed by atoms with E-state index < -0.39 is 5.60 Å². The molecule has 0 spiro atoms. The normalized spacial score (nSPS) is 11.5. The highest BCUT2D eigenvalue weighted by Gasteiger charge is 2.36. The minimum Gasteiger partial charge on any atom is -0.464 e. The Bertz CT molecular complexity index is 981. The lowest BCUT2D eigenvalue weighted by Gasteiger charge is -2.32. The highest BCUT2D eigenvalue weighted by atomic mass is 16.3. The average molecular weight is 354 g/mol. The summed E-state index contributed by atoms with van der Waals surface area (Å²) >= 11 is 0. The largest absolute Gasteiger partial charge is 0.464 e. The van der Waals surface area contributed by atoms with Crippen LogP contribution in [-0.2, 0) is 5.60 Å². The number of hydrogen-bond acceptors (Lipinski definition) is 2. The van der Waals surface area contributed by atoms with E-state index in [1.165, 1.54) is 0 Å². The molecular weight excluding hydrogens is 332 g/mol. The highest BCUT2D eigenvalue weighted by molar-refractivity contribution is 5.67. The van der Waals surface area contributed by atoms with Crippen LogP contribution in [0.5, 0.6) is 0 Å². The Morgan fingerprint density at radius 1 is 0.667 bits per heavy atom. The molecule has 3 aromatic carbocycles. The number of benzene rings is 3. The van der Waals surface area contributed by atoms with Gasteiger partial charge in [-0.25, -0.2) is 0 Å². The zero-order valence-corrected chi connectivity index (χ0v) is 15.5. The van der Waals surface area contributed by atoms with Gasteiger partial charge in [0.2, 0.25) is 0 Å². The maximum Gasteiger partial charge on any atom is 0.141 e. The molecule has 0 atom stereocenters. The molecule has 2 heteroatoms. The van der Waals surface area contributed by atoms with Gasteiger partial charge in [-0.2, -0.15) is 0 Å². The van der Waals surface area contributed by atoms with Crippen molar-refractivity contribution in [2.45, 2.75) is 19.4 Å². The van der Waals surface area contributed by atoms with E-state index in [1.54, 1.807) is 6.26 Å². The summed E-state index contributed by atoms with van der Waals surface area (Å²) in [6.45, 7) is 4.09. The summed E-state index contributed by atoms with van der Waals surface area (Å²) in [5, 5.41) is 12.1. The summed E-state index contributed by atoms with van der Waals surface area (Å²) in [7, 11) is 0. The summed E-state index contributed by atoms with van der Waals surface area (Å²) < 4.78 is 5.65. The number of aryl methyl sites for hydroxylation is 2. The maximum atomic E-state index is 12.1. The lowest BCUT2D eigenvalue weighted by Crippen LogP contribution is -2.29. The summed E-state index contributed by atoms with van der Waals surface area (Å²) in [6, 6.07) is 27.8. The molecule has 4 aromatic rings. The molecule has 27 heavy (non-hydrogen) atoms. The van der Waals surface area contributed by atoms with Crippen molar-refractivity contribution in [2.24, 2.45) is 0 Å². The summed E-state index contributed by atoms with van der Waals surface area (Å²) in [5.74, 6) is 0.739. The van der Waals surface area contributed by atoms with Gasteiger partial charge in [0.15, 0.2) is 0 Å². The van der Waals surface area contributed by atoms with Gasteiger partial charge in [-0.3, -0.25) is 0 Å². The molecule has 0 aliphatic rings. The van der Waals surface area contributed by atoms with Crippen molar-refractivity contribution in [3.05, 3.63) is 119 Å². The van der Waals surface area contributed by atoms with Gasteiger partial charge in [0.05, 0.1) is 6.26 Å². The van der Waals surface area contributed by atoms with Gasteiger partial charge >= 0.3 is 0 Å². The van der Waals surface area contributed by atoms with E-state index in [0.717, 1.165) is 39.1 Å².